The molecule has 0 bridgehead atoms. The molecular formula is C18H21Cl2N3O3S. The third kappa shape index (κ3) is 5.43. The van der Waals surface area contributed by atoms with Gasteiger partial charge in [0.25, 0.3) is 0 Å². The number of nitrogens with two attached hydrogens (primary N) is 1. The number of halogens is 2. The first-order valence-corrected chi connectivity index (χ1v) is 10.1. The maximum Gasteiger partial charge on any atom is 0.240 e. The molecule has 1 amide bonds. The molecule has 1 aliphatic carbocycles. The number of anilines is 1. The molecule has 2 aromatic carbocycles. The van der Waals surface area contributed by atoms with Gasteiger partial charge in [-0.15, -0.1) is 12.4 Å². The van der Waals surface area contributed by atoms with Gasteiger partial charge in [0, 0.05) is 29.7 Å². The maximum atomic E-state index is 12.5. The molecule has 27 heavy (non-hydrogen) atoms. The lowest BCUT2D eigenvalue weighted by molar-refractivity contribution is -0.117. The van der Waals surface area contributed by atoms with E-state index in [1.165, 1.54) is 12.1 Å². The van der Waals surface area contributed by atoms with E-state index in [4.69, 9.17) is 17.3 Å². The molecule has 1 saturated carbocycles. The van der Waals surface area contributed by atoms with Gasteiger partial charge in [-0.25, -0.2) is 13.1 Å². The Kier molecular flexibility index (Phi) is 7.25. The van der Waals surface area contributed by atoms with Gasteiger partial charge in [-0.3, -0.25) is 4.79 Å². The van der Waals surface area contributed by atoms with Crippen LogP contribution in [0.1, 0.15) is 17.9 Å². The van der Waals surface area contributed by atoms with Crippen molar-refractivity contribution in [1.29, 1.82) is 0 Å². The summed E-state index contributed by atoms with van der Waals surface area (Å²) >= 11 is 6.00. The largest absolute Gasteiger partial charge is 0.329 e. The van der Waals surface area contributed by atoms with Crippen molar-refractivity contribution in [3.63, 3.8) is 0 Å². The number of carbonyl (C=O) groups excluding carboxylic acids is 1. The zero-order valence-corrected chi connectivity index (χ0v) is 16.8. The maximum absolute atomic E-state index is 12.5. The van der Waals surface area contributed by atoms with E-state index in [-0.39, 0.29) is 48.1 Å². The highest BCUT2D eigenvalue weighted by molar-refractivity contribution is 7.89. The van der Waals surface area contributed by atoms with Gasteiger partial charge in [0.05, 0.1) is 4.90 Å². The fraction of sp³-hybridized carbons (Fsp3) is 0.278. The zero-order chi connectivity index (χ0) is 18.7. The predicted molar refractivity (Wildman–Crippen MR) is 109 cm³/mol. The number of hydrogen-bond donors (Lipinski definition) is 3. The van der Waals surface area contributed by atoms with Crippen LogP contribution in [0.4, 0.5) is 5.69 Å². The van der Waals surface area contributed by atoms with Crippen LogP contribution in [0, 0.1) is 5.92 Å². The quantitative estimate of drug-likeness (QED) is 0.629. The molecule has 0 heterocycles. The third-order valence-electron chi connectivity index (χ3n) is 4.25. The minimum atomic E-state index is -3.64. The molecule has 146 valence electrons. The molecule has 2 aromatic rings. The van der Waals surface area contributed by atoms with E-state index in [2.05, 4.69) is 10.0 Å². The Hall–Kier alpha value is -1.64. The molecule has 0 saturated heterocycles. The van der Waals surface area contributed by atoms with Gasteiger partial charge in [0.1, 0.15) is 0 Å². The minimum absolute atomic E-state index is 0. The molecule has 2 unspecified atom stereocenters. The van der Waals surface area contributed by atoms with E-state index >= 15 is 0 Å². The molecule has 9 heteroatoms. The summed E-state index contributed by atoms with van der Waals surface area (Å²) in [6, 6.07) is 13.7. The molecule has 0 aromatic heterocycles. The molecule has 2 atom stereocenters. The van der Waals surface area contributed by atoms with E-state index in [0.29, 0.717) is 10.7 Å². The number of amides is 1. The van der Waals surface area contributed by atoms with Gasteiger partial charge in [-0.1, -0.05) is 29.8 Å². The number of rotatable bonds is 7. The van der Waals surface area contributed by atoms with Crippen LogP contribution in [0.15, 0.2) is 53.4 Å². The second-order valence-corrected chi connectivity index (χ2v) is 8.41. The molecular weight excluding hydrogens is 409 g/mol. The van der Waals surface area contributed by atoms with Gasteiger partial charge >= 0.3 is 0 Å². The van der Waals surface area contributed by atoms with Crippen molar-refractivity contribution in [2.24, 2.45) is 11.7 Å². The number of hydrogen-bond acceptors (Lipinski definition) is 4. The Labute approximate surface area is 169 Å². The number of benzene rings is 2. The molecule has 6 nitrogen and oxygen atoms in total. The number of carbonyl (C=O) groups is 1. The fourth-order valence-corrected chi connectivity index (χ4v) is 4.13. The summed E-state index contributed by atoms with van der Waals surface area (Å²) in [5.74, 6) is -0.115. The van der Waals surface area contributed by atoms with Crippen LogP contribution in [0.3, 0.4) is 0 Å². The topological polar surface area (TPSA) is 101 Å². The highest BCUT2D eigenvalue weighted by Crippen LogP contribution is 2.48. The second kappa shape index (κ2) is 9.03. The van der Waals surface area contributed by atoms with Crippen molar-refractivity contribution < 1.29 is 13.2 Å². The molecule has 4 N–H and O–H groups in total. The van der Waals surface area contributed by atoms with E-state index < -0.39 is 10.0 Å². The Morgan fingerprint density at radius 1 is 1.19 bits per heavy atom. The van der Waals surface area contributed by atoms with E-state index in [1.54, 1.807) is 18.2 Å². The summed E-state index contributed by atoms with van der Waals surface area (Å²) in [4.78, 5) is 12.5. The lowest BCUT2D eigenvalue weighted by Gasteiger charge is -2.09. The average Bonchev–Trinajstić information content (AvgIpc) is 3.41. The first kappa shape index (κ1) is 21.7. The Morgan fingerprint density at radius 2 is 1.93 bits per heavy atom. The van der Waals surface area contributed by atoms with Gasteiger partial charge in [-0.2, -0.15) is 0 Å². The van der Waals surface area contributed by atoms with Gasteiger partial charge in [0.15, 0.2) is 0 Å². The van der Waals surface area contributed by atoms with Gasteiger partial charge in [-0.05, 0) is 48.2 Å². The van der Waals surface area contributed by atoms with Gasteiger partial charge in [0.2, 0.25) is 15.9 Å². The van der Waals surface area contributed by atoms with E-state index in [9.17, 15) is 13.2 Å². The third-order valence-corrected chi connectivity index (χ3v) is 5.95. The molecule has 0 aliphatic heterocycles. The van der Waals surface area contributed by atoms with Crippen LogP contribution in [0.5, 0.6) is 0 Å². The number of nitrogens with one attached hydrogen (secondary N) is 2. The smallest absolute Gasteiger partial charge is 0.240 e. The predicted octanol–water partition coefficient (Wildman–Crippen LogP) is 2.74. The molecule has 3 rings (SSSR count). The van der Waals surface area contributed by atoms with Crippen molar-refractivity contribution in [3.8, 4) is 0 Å². The van der Waals surface area contributed by atoms with Crippen molar-refractivity contribution in [1.82, 2.24) is 4.72 Å². The van der Waals surface area contributed by atoms with Crippen LogP contribution in [-0.4, -0.2) is 27.4 Å². The van der Waals surface area contributed by atoms with Crippen LogP contribution in [-0.2, 0) is 14.8 Å². The summed E-state index contributed by atoms with van der Waals surface area (Å²) in [6.45, 7) is 0.366. The monoisotopic (exact) mass is 429 g/mol. The zero-order valence-electron chi connectivity index (χ0n) is 14.4. The average molecular weight is 430 g/mol. The lowest BCUT2D eigenvalue weighted by Crippen LogP contribution is -2.29. The first-order chi connectivity index (χ1) is 12.4. The Bertz CT molecular complexity index is 922. The van der Waals surface area contributed by atoms with Crippen molar-refractivity contribution >= 4 is 45.6 Å². The highest BCUT2D eigenvalue weighted by Gasteiger charge is 2.44. The lowest BCUT2D eigenvalue weighted by atomic mass is 10.1. The van der Waals surface area contributed by atoms with Gasteiger partial charge < -0.3 is 11.1 Å². The SMILES string of the molecule is Cl.NCCNS(=O)(=O)c1cccc(NC(=O)C2CC2c2cccc(Cl)c2)c1. The van der Waals surface area contributed by atoms with E-state index in [0.717, 1.165) is 12.0 Å². The standard InChI is InChI=1S/C18H20ClN3O3S.ClH/c19-13-4-1-3-12(9-13)16-11-17(16)18(23)22-14-5-2-6-15(10-14)26(24,25)21-8-7-20;/h1-6,9-10,16-17,21H,7-8,11,20H2,(H,22,23);1H. The van der Waals surface area contributed by atoms with Crippen molar-refractivity contribution in [3.05, 3.63) is 59.1 Å². The highest BCUT2D eigenvalue weighted by atomic mass is 35.5. The van der Waals surface area contributed by atoms with Crippen LogP contribution in [0.2, 0.25) is 5.02 Å². The molecule has 1 fully saturated rings. The van der Waals surface area contributed by atoms with Crippen LogP contribution in [0.25, 0.3) is 0 Å². The summed E-state index contributed by atoms with van der Waals surface area (Å²) in [5.41, 5.74) is 6.82. The van der Waals surface area contributed by atoms with Crippen LogP contribution < -0.4 is 15.8 Å². The second-order valence-electron chi connectivity index (χ2n) is 6.21. The summed E-state index contributed by atoms with van der Waals surface area (Å²) in [6.07, 6.45) is 0.752. The molecule has 0 spiro atoms. The molecule has 1 aliphatic rings. The molecule has 0 radical (unpaired) electrons. The van der Waals surface area contributed by atoms with E-state index in [1.807, 2.05) is 18.2 Å². The van der Waals surface area contributed by atoms with Crippen molar-refractivity contribution in [2.45, 2.75) is 17.2 Å². The van der Waals surface area contributed by atoms with Crippen LogP contribution >= 0.6 is 24.0 Å². The number of sulfonamides is 1. The minimum Gasteiger partial charge on any atom is -0.329 e. The summed E-state index contributed by atoms with van der Waals surface area (Å²) in [7, 11) is -3.64. The normalized spacial score (nSPS) is 18.4. The first-order valence-electron chi connectivity index (χ1n) is 8.27. The summed E-state index contributed by atoms with van der Waals surface area (Å²) in [5, 5.41) is 3.45. The summed E-state index contributed by atoms with van der Waals surface area (Å²) < 4.78 is 26.7. The van der Waals surface area contributed by atoms with Crippen molar-refractivity contribution in [2.75, 3.05) is 18.4 Å². The fourth-order valence-electron chi connectivity index (χ4n) is 2.84. The Balaban J connectivity index is 0.00000261. The Morgan fingerprint density at radius 3 is 2.63 bits per heavy atom.